The van der Waals surface area contributed by atoms with Crippen LogP contribution in [0.15, 0.2) is 45.9 Å². The molecule has 1 aromatic carbocycles. The van der Waals surface area contributed by atoms with E-state index in [9.17, 15) is 28.1 Å². The number of carbonyl (C=O) groups excluding carboxylic acids is 2. The Morgan fingerprint density at radius 2 is 1.88 bits per heavy atom. The van der Waals surface area contributed by atoms with E-state index in [1.807, 2.05) is 0 Å². The molecule has 0 saturated carbocycles. The molecule has 1 amide bonds. The summed E-state index contributed by atoms with van der Waals surface area (Å²) in [7, 11) is -2.76. The number of esters is 1. The molecular weight excluding hydrogens is 444 g/mol. The maximum absolute atomic E-state index is 12.7. The van der Waals surface area contributed by atoms with Gasteiger partial charge in [0.05, 0.1) is 12.0 Å². The van der Waals surface area contributed by atoms with E-state index in [4.69, 9.17) is 10.2 Å². The fraction of sp³-hybridized carbons (Fsp3) is 0.263. The molecule has 3 rings (SSSR count). The summed E-state index contributed by atoms with van der Waals surface area (Å²) >= 11 is 0. The van der Waals surface area contributed by atoms with Crippen LogP contribution < -0.4 is 10.6 Å². The number of furan rings is 1. The third kappa shape index (κ3) is 4.78. The number of nitro groups is 1. The number of methoxy groups -OCH3 is 1. The van der Waals surface area contributed by atoms with Crippen molar-refractivity contribution >= 4 is 39.4 Å². The number of rotatable bonds is 7. The maximum Gasteiger partial charge on any atom is 0.330 e. The van der Waals surface area contributed by atoms with Crippen LogP contribution in [0.5, 0.6) is 0 Å². The van der Waals surface area contributed by atoms with Gasteiger partial charge in [-0.25, -0.2) is 13.2 Å². The lowest BCUT2D eigenvalue weighted by Crippen LogP contribution is -2.48. The van der Waals surface area contributed by atoms with E-state index in [1.165, 1.54) is 29.6 Å². The number of amides is 1. The summed E-state index contributed by atoms with van der Waals surface area (Å²) in [4.78, 5) is 35.1. The van der Waals surface area contributed by atoms with E-state index < -0.39 is 31.9 Å². The first-order valence-electron chi connectivity index (χ1n) is 9.32. The van der Waals surface area contributed by atoms with Gasteiger partial charge in [0.1, 0.15) is 5.69 Å². The van der Waals surface area contributed by atoms with Crippen LogP contribution in [0.3, 0.4) is 0 Å². The van der Waals surface area contributed by atoms with Crippen LogP contribution >= 0.6 is 0 Å². The van der Waals surface area contributed by atoms with Gasteiger partial charge in [0.2, 0.25) is 5.09 Å². The van der Waals surface area contributed by atoms with Crippen LogP contribution in [0.1, 0.15) is 16.1 Å². The number of carbonyl (C=O) groups is 2. The highest BCUT2D eigenvalue weighted by Crippen LogP contribution is 2.31. The highest BCUT2D eigenvalue weighted by atomic mass is 32.2. The lowest BCUT2D eigenvalue weighted by Gasteiger charge is -2.34. The van der Waals surface area contributed by atoms with Gasteiger partial charge in [-0.1, -0.05) is 6.07 Å². The van der Waals surface area contributed by atoms with Crippen molar-refractivity contribution < 1.29 is 32.1 Å². The predicted molar refractivity (Wildman–Crippen MR) is 112 cm³/mol. The minimum Gasteiger partial charge on any atom is -0.466 e. The van der Waals surface area contributed by atoms with Gasteiger partial charge in [-0.15, -0.1) is 0 Å². The van der Waals surface area contributed by atoms with Crippen molar-refractivity contribution in [1.29, 1.82) is 0 Å². The topological polar surface area (TPSA) is 166 Å². The first-order valence-corrected chi connectivity index (χ1v) is 10.8. The second-order valence-electron chi connectivity index (χ2n) is 6.74. The molecule has 0 radical (unpaired) electrons. The Balaban J connectivity index is 1.76. The third-order valence-electron chi connectivity index (χ3n) is 4.81. The summed E-state index contributed by atoms with van der Waals surface area (Å²) in [5.74, 6) is -1.74. The van der Waals surface area contributed by atoms with E-state index in [1.54, 1.807) is 17.0 Å². The standard InChI is InChI=1S/C19H20N4O8S/c1-30-17(24)6-3-13-2-4-14(15(12-13)23(26)27)21-8-10-22(11-9-21)32(28,29)18-7-5-16(31-18)19(20)25/h2-7,12H,8-11H2,1H3,(H2,20,25)/b6-3+. The molecule has 0 spiro atoms. The average molecular weight is 464 g/mol. The van der Waals surface area contributed by atoms with Gasteiger partial charge in [0.15, 0.2) is 5.76 Å². The highest BCUT2D eigenvalue weighted by Gasteiger charge is 2.33. The van der Waals surface area contributed by atoms with Crippen LogP contribution in [-0.2, 0) is 19.6 Å². The number of nitrogens with two attached hydrogens (primary N) is 1. The molecule has 13 heteroatoms. The van der Waals surface area contributed by atoms with Gasteiger partial charge in [0.25, 0.3) is 21.6 Å². The number of benzene rings is 1. The number of nitrogens with zero attached hydrogens (tertiary/aromatic N) is 3. The summed E-state index contributed by atoms with van der Waals surface area (Å²) in [5, 5.41) is 11.2. The highest BCUT2D eigenvalue weighted by molar-refractivity contribution is 7.89. The Labute approximate surface area is 183 Å². The molecule has 2 N–H and O–H groups in total. The molecule has 0 atom stereocenters. The zero-order valence-corrected chi connectivity index (χ0v) is 17.8. The summed E-state index contributed by atoms with van der Waals surface area (Å²) < 4.78 is 36.2. The Bertz CT molecular complexity index is 1180. The summed E-state index contributed by atoms with van der Waals surface area (Å²) in [5.41, 5.74) is 5.69. The van der Waals surface area contributed by atoms with Crippen molar-refractivity contribution in [2.75, 3.05) is 38.2 Å². The molecule has 0 aliphatic carbocycles. The first-order chi connectivity index (χ1) is 15.1. The van der Waals surface area contributed by atoms with Gasteiger partial charge >= 0.3 is 5.97 Å². The van der Waals surface area contributed by atoms with Crippen molar-refractivity contribution in [3.8, 4) is 0 Å². The zero-order valence-electron chi connectivity index (χ0n) is 17.0. The SMILES string of the molecule is COC(=O)/C=C/c1ccc(N2CCN(S(=O)(=O)c3ccc(C(N)=O)o3)CC2)c([N+](=O)[O-])c1. The average Bonchev–Trinajstić information content (AvgIpc) is 3.29. The Kier molecular flexibility index (Phi) is 6.60. The molecule has 1 aromatic heterocycles. The number of hydrogen-bond acceptors (Lipinski definition) is 9. The van der Waals surface area contributed by atoms with Crippen LogP contribution in [0.2, 0.25) is 0 Å². The van der Waals surface area contributed by atoms with Crippen molar-refractivity contribution in [2.45, 2.75) is 5.09 Å². The van der Waals surface area contributed by atoms with Gasteiger partial charge in [-0.05, 0) is 29.8 Å². The molecule has 32 heavy (non-hydrogen) atoms. The van der Waals surface area contributed by atoms with Crippen LogP contribution in [0, 0.1) is 10.1 Å². The number of piperazine rings is 1. The summed E-state index contributed by atoms with van der Waals surface area (Å²) in [6.07, 6.45) is 2.55. The molecule has 2 aromatic rings. The minimum absolute atomic E-state index is 0.0517. The fourth-order valence-corrected chi connectivity index (χ4v) is 4.51. The fourth-order valence-electron chi connectivity index (χ4n) is 3.18. The van der Waals surface area contributed by atoms with Crippen LogP contribution in [-0.4, -0.2) is 62.8 Å². The Hall–Kier alpha value is -3.71. The molecular formula is C19H20N4O8S. The quantitative estimate of drug-likeness (QED) is 0.272. The first kappa shape index (κ1) is 23.0. The number of ether oxygens (including phenoxy) is 1. The van der Waals surface area contributed by atoms with Gasteiger partial charge in [0, 0.05) is 38.3 Å². The second kappa shape index (κ2) is 9.20. The molecule has 12 nitrogen and oxygen atoms in total. The number of nitro benzene ring substituents is 1. The van der Waals surface area contributed by atoms with Crippen molar-refractivity contribution in [3.63, 3.8) is 0 Å². The van der Waals surface area contributed by atoms with Crippen molar-refractivity contribution in [2.24, 2.45) is 5.73 Å². The molecule has 2 heterocycles. The molecule has 0 unspecified atom stereocenters. The van der Waals surface area contributed by atoms with E-state index in [-0.39, 0.29) is 37.6 Å². The van der Waals surface area contributed by atoms with Crippen LogP contribution in [0.4, 0.5) is 11.4 Å². The molecule has 170 valence electrons. The lowest BCUT2D eigenvalue weighted by atomic mass is 10.1. The number of hydrogen-bond donors (Lipinski definition) is 1. The largest absolute Gasteiger partial charge is 0.466 e. The smallest absolute Gasteiger partial charge is 0.330 e. The van der Waals surface area contributed by atoms with E-state index in [2.05, 4.69) is 4.74 Å². The van der Waals surface area contributed by atoms with Gasteiger partial charge in [-0.2, -0.15) is 4.31 Å². The van der Waals surface area contributed by atoms with E-state index in [0.29, 0.717) is 11.3 Å². The van der Waals surface area contributed by atoms with E-state index >= 15 is 0 Å². The maximum atomic E-state index is 12.7. The molecule has 0 bridgehead atoms. The van der Waals surface area contributed by atoms with Gasteiger partial charge < -0.3 is 19.8 Å². The lowest BCUT2D eigenvalue weighted by molar-refractivity contribution is -0.384. The Morgan fingerprint density at radius 3 is 2.44 bits per heavy atom. The molecule has 1 aliphatic heterocycles. The van der Waals surface area contributed by atoms with E-state index in [0.717, 1.165) is 12.1 Å². The predicted octanol–water partition coefficient (Wildman–Crippen LogP) is 0.984. The molecule has 1 fully saturated rings. The number of anilines is 1. The van der Waals surface area contributed by atoms with Crippen molar-refractivity contribution in [1.82, 2.24) is 4.31 Å². The second-order valence-corrected chi connectivity index (χ2v) is 8.60. The molecule has 1 saturated heterocycles. The number of primary amides is 1. The van der Waals surface area contributed by atoms with Crippen molar-refractivity contribution in [3.05, 3.63) is 57.8 Å². The zero-order chi connectivity index (χ0) is 23.5. The normalized spacial score (nSPS) is 15.1. The summed E-state index contributed by atoms with van der Waals surface area (Å²) in [6.45, 7) is 0.494. The van der Waals surface area contributed by atoms with Crippen LogP contribution in [0.25, 0.3) is 6.08 Å². The monoisotopic (exact) mass is 464 g/mol. The Morgan fingerprint density at radius 1 is 1.19 bits per heavy atom. The minimum atomic E-state index is -3.99. The third-order valence-corrected chi connectivity index (χ3v) is 6.58. The van der Waals surface area contributed by atoms with Gasteiger partial charge in [-0.3, -0.25) is 14.9 Å². The number of sulfonamides is 1. The molecule has 1 aliphatic rings. The summed E-state index contributed by atoms with van der Waals surface area (Å²) in [6, 6.07) is 6.83.